The van der Waals surface area contributed by atoms with Gasteiger partial charge in [-0.1, -0.05) is 17.7 Å². The molecule has 0 saturated heterocycles. The number of aromatic nitrogens is 3. The fourth-order valence-corrected chi connectivity index (χ4v) is 2.04. The highest BCUT2D eigenvalue weighted by Crippen LogP contribution is 2.19. The molecule has 5 heteroatoms. The van der Waals surface area contributed by atoms with E-state index in [1.54, 1.807) is 18.2 Å². The molecular formula is C11H8ClN3O. The van der Waals surface area contributed by atoms with Crippen LogP contribution in [0.5, 0.6) is 0 Å². The smallest absolute Gasteiger partial charge is 0.282 e. The van der Waals surface area contributed by atoms with Gasteiger partial charge in [-0.15, -0.1) is 0 Å². The first kappa shape index (κ1) is 9.42. The van der Waals surface area contributed by atoms with Crippen LogP contribution in [0.25, 0.3) is 16.6 Å². The summed E-state index contributed by atoms with van der Waals surface area (Å²) >= 11 is 6.04. The van der Waals surface area contributed by atoms with E-state index in [1.165, 1.54) is 4.52 Å². The summed E-state index contributed by atoms with van der Waals surface area (Å²) in [7, 11) is 0. The molecule has 3 aromatic rings. The topological polar surface area (TPSA) is 50.2 Å². The summed E-state index contributed by atoms with van der Waals surface area (Å²) in [6.07, 6.45) is 0. The Hall–Kier alpha value is -1.81. The number of hydrogen-bond acceptors (Lipinski definition) is 2. The standard InChI is InChI=1S/C11H8ClN3O/c1-6-5-9-13-10-7(3-2-4-8(10)12)11(16)15(9)14-6/h2-5,13H,1H3. The van der Waals surface area contributed by atoms with Gasteiger partial charge in [-0.05, 0) is 19.1 Å². The van der Waals surface area contributed by atoms with Gasteiger partial charge in [-0.3, -0.25) is 4.79 Å². The Morgan fingerprint density at radius 2 is 2.25 bits per heavy atom. The number of aryl methyl sites for hydroxylation is 1. The molecule has 0 aliphatic heterocycles. The molecule has 1 N–H and O–H groups in total. The van der Waals surface area contributed by atoms with Crippen LogP contribution in [0.15, 0.2) is 29.1 Å². The second-order valence-corrected chi connectivity index (χ2v) is 4.08. The van der Waals surface area contributed by atoms with Crippen LogP contribution in [0.3, 0.4) is 0 Å². The number of aromatic amines is 1. The number of halogens is 1. The summed E-state index contributed by atoms with van der Waals surface area (Å²) in [6.45, 7) is 1.84. The largest absolute Gasteiger partial charge is 0.338 e. The number of nitrogens with one attached hydrogen (secondary N) is 1. The third kappa shape index (κ3) is 1.17. The van der Waals surface area contributed by atoms with E-state index in [0.717, 1.165) is 5.69 Å². The van der Waals surface area contributed by atoms with Crippen molar-refractivity contribution in [1.29, 1.82) is 0 Å². The maximum atomic E-state index is 12.1. The molecule has 0 unspecified atom stereocenters. The van der Waals surface area contributed by atoms with Crippen molar-refractivity contribution in [2.24, 2.45) is 0 Å². The van der Waals surface area contributed by atoms with Crippen molar-refractivity contribution in [3.63, 3.8) is 0 Å². The van der Waals surface area contributed by atoms with E-state index in [0.29, 0.717) is 21.6 Å². The summed E-state index contributed by atoms with van der Waals surface area (Å²) in [4.78, 5) is 15.2. The first-order valence-corrected chi connectivity index (χ1v) is 5.21. The lowest BCUT2D eigenvalue weighted by Crippen LogP contribution is -2.15. The molecule has 0 amide bonds. The van der Waals surface area contributed by atoms with Gasteiger partial charge in [0.2, 0.25) is 0 Å². The van der Waals surface area contributed by atoms with Crippen molar-refractivity contribution in [2.75, 3.05) is 0 Å². The zero-order valence-electron chi connectivity index (χ0n) is 8.49. The Kier molecular flexibility index (Phi) is 1.82. The van der Waals surface area contributed by atoms with Crippen LogP contribution in [-0.4, -0.2) is 14.6 Å². The molecule has 0 aliphatic rings. The molecule has 0 fully saturated rings. The number of hydrogen-bond donors (Lipinski definition) is 1. The van der Waals surface area contributed by atoms with E-state index < -0.39 is 0 Å². The number of para-hydroxylation sites is 1. The van der Waals surface area contributed by atoms with Crippen molar-refractivity contribution in [2.45, 2.75) is 6.92 Å². The van der Waals surface area contributed by atoms with E-state index in [2.05, 4.69) is 10.1 Å². The quantitative estimate of drug-likeness (QED) is 0.647. The number of nitrogens with zero attached hydrogens (tertiary/aromatic N) is 2. The summed E-state index contributed by atoms with van der Waals surface area (Å²) in [5, 5.41) is 5.20. The minimum atomic E-state index is -0.153. The average Bonchev–Trinajstić information content (AvgIpc) is 2.61. The maximum Gasteiger partial charge on any atom is 0.282 e. The lowest BCUT2D eigenvalue weighted by atomic mass is 10.2. The van der Waals surface area contributed by atoms with Crippen LogP contribution in [-0.2, 0) is 0 Å². The van der Waals surface area contributed by atoms with Gasteiger partial charge < -0.3 is 4.98 Å². The molecule has 16 heavy (non-hydrogen) atoms. The minimum absolute atomic E-state index is 0.153. The van der Waals surface area contributed by atoms with Crippen LogP contribution >= 0.6 is 11.6 Å². The summed E-state index contributed by atoms with van der Waals surface area (Å²) < 4.78 is 1.36. The fraction of sp³-hybridized carbons (Fsp3) is 0.0909. The Bertz CT molecular complexity index is 757. The van der Waals surface area contributed by atoms with E-state index in [9.17, 15) is 4.79 Å². The van der Waals surface area contributed by atoms with Gasteiger partial charge in [0.25, 0.3) is 5.56 Å². The predicted octanol–water partition coefficient (Wildman–Crippen LogP) is 2.14. The minimum Gasteiger partial charge on any atom is -0.338 e. The maximum absolute atomic E-state index is 12.1. The third-order valence-corrected chi connectivity index (χ3v) is 2.84. The molecule has 0 radical (unpaired) electrons. The van der Waals surface area contributed by atoms with Gasteiger partial charge in [0.05, 0.1) is 21.6 Å². The second-order valence-electron chi connectivity index (χ2n) is 3.68. The van der Waals surface area contributed by atoms with Crippen molar-refractivity contribution in [3.8, 4) is 0 Å². The highest BCUT2D eigenvalue weighted by Gasteiger charge is 2.08. The van der Waals surface area contributed by atoms with Crippen molar-refractivity contribution in [1.82, 2.24) is 14.6 Å². The first-order chi connectivity index (χ1) is 7.66. The molecule has 1 aromatic carbocycles. The van der Waals surface area contributed by atoms with E-state index in [-0.39, 0.29) is 5.56 Å². The summed E-state index contributed by atoms with van der Waals surface area (Å²) in [6, 6.07) is 7.04. The molecular weight excluding hydrogens is 226 g/mol. The normalized spacial score (nSPS) is 11.4. The SMILES string of the molecule is Cc1cc2[nH]c3c(Cl)cccc3c(=O)n2n1. The van der Waals surface area contributed by atoms with Gasteiger partial charge in [-0.2, -0.15) is 9.61 Å². The molecule has 2 aromatic heterocycles. The van der Waals surface area contributed by atoms with Gasteiger partial charge in [0, 0.05) is 6.07 Å². The van der Waals surface area contributed by atoms with Gasteiger partial charge in [0.1, 0.15) is 5.65 Å². The fourth-order valence-electron chi connectivity index (χ4n) is 1.81. The van der Waals surface area contributed by atoms with Crippen LogP contribution in [0.4, 0.5) is 0 Å². The molecule has 0 atom stereocenters. The zero-order valence-corrected chi connectivity index (χ0v) is 9.25. The van der Waals surface area contributed by atoms with Gasteiger partial charge in [0.15, 0.2) is 0 Å². The zero-order chi connectivity index (χ0) is 11.3. The lowest BCUT2D eigenvalue weighted by molar-refractivity contribution is 0.895. The third-order valence-electron chi connectivity index (χ3n) is 2.52. The van der Waals surface area contributed by atoms with Crippen LogP contribution in [0, 0.1) is 6.92 Å². The number of benzene rings is 1. The summed E-state index contributed by atoms with van der Waals surface area (Å²) in [5.74, 6) is 0. The van der Waals surface area contributed by atoms with Crippen LogP contribution < -0.4 is 5.56 Å². The summed E-state index contributed by atoms with van der Waals surface area (Å²) in [5.41, 5.74) is 1.95. The number of H-pyrrole nitrogens is 1. The Morgan fingerprint density at radius 1 is 1.44 bits per heavy atom. The molecule has 4 nitrogen and oxygen atoms in total. The van der Waals surface area contributed by atoms with E-state index in [1.807, 2.05) is 13.0 Å². The second kappa shape index (κ2) is 3.09. The van der Waals surface area contributed by atoms with Crippen molar-refractivity contribution < 1.29 is 0 Å². The molecule has 80 valence electrons. The lowest BCUT2D eigenvalue weighted by Gasteiger charge is -2.00. The highest BCUT2D eigenvalue weighted by molar-refractivity contribution is 6.35. The number of fused-ring (bicyclic) bond motifs is 2. The first-order valence-electron chi connectivity index (χ1n) is 4.84. The Balaban J connectivity index is 2.65. The van der Waals surface area contributed by atoms with Crippen molar-refractivity contribution >= 4 is 28.2 Å². The van der Waals surface area contributed by atoms with Gasteiger partial charge >= 0.3 is 0 Å². The molecule has 0 saturated carbocycles. The highest BCUT2D eigenvalue weighted by atomic mass is 35.5. The average molecular weight is 234 g/mol. The Morgan fingerprint density at radius 3 is 3.06 bits per heavy atom. The molecule has 0 bridgehead atoms. The number of rotatable bonds is 0. The van der Waals surface area contributed by atoms with Gasteiger partial charge in [-0.25, -0.2) is 0 Å². The monoisotopic (exact) mass is 233 g/mol. The molecule has 0 aliphatic carbocycles. The van der Waals surface area contributed by atoms with Crippen LogP contribution in [0.2, 0.25) is 5.02 Å². The van der Waals surface area contributed by atoms with E-state index >= 15 is 0 Å². The van der Waals surface area contributed by atoms with E-state index in [4.69, 9.17) is 11.6 Å². The molecule has 2 heterocycles. The van der Waals surface area contributed by atoms with Crippen LogP contribution in [0.1, 0.15) is 5.69 Å². The molecule has 3 rings (SSSR count). The van der Waals surface area contributed by atoms with Crippen molar-refractivity contribution in [3.05, 3.63) is 45.3 Å². The molecule has 0 spiro atoms. The Labute approximate surface area is 95.5 Å². The predicted molar refractivity (Wildman–Crippen MR) is 63.1 cm³/mol.